The molecule has 0 saturated carbocycles. The second-order valence-electron chi connectivity index (χ2n) is 5.97. The van der Waals surface area contributed by atoms with Crippen molar-refractivity contribution in [2.75, 3.05) is 0 Å². The quantitative estimate of drug-likeness (QED) is 0.796. The Hall–Kier alpha value is -2.34. The second kappa shape index (κ2) is 5.21. The van der Waals surface area contributed by atoms with Gasteiger partial charge in [0.15, 0.2) is 0 Å². The Morgan fingerprint density at radius 2 is 1.86 bits per heavy atom. The molecule has 3 rings (SSSR count). The zero-order chi connectivity index (χ0) is 14.9. The van der Waals surface area contributed by atoms with E-state index in [1.54, 1.807) is 18.6 Å². The minimum absolute atomic E-state index is 0.0456. The molecule has 0 fully saturated rings. The summed E-state index contributed by atoms with van der Waals surface area (Å²) in [6, 6.07) is 5.89. The smallest absolute Gasteiger partial charge is 0.0908 e. The van der Waals surface area contributed by atoms with E-state index in [0.717, 1.165) is 22.4 Å². The lowest BCUT2D eigenvalue weighted by Crippen LogP contribution is -2.35. The van der Waals surface area contributed by atoms with Crippen LogP contribution in [-0.4, -0.2) is 30.5 Å². The molecule has 1 N–H and O–H groups in total. The van der Waals surface area contributed by atoms with Crippen LogP contribution in [0.15, 0.2) is 36.8 Å². The van der Waals surface area contributed by atoms with E-state index >= 15 is 0 Å². The molecule has 0 aliphatic heterocycles. The summed E-state index contributed by atoms with van der Waals surface area (Å²) in [5.74, 6) is 0. The summed E-state index contributed by atoms with van der Waals surface area (Å²) in [5.41, 5.74) is 3.71. The average Bonchev–Trinajstić information content (AvgIpc) is 2.92. The van der Waals surface area contributed by atoms with Crippen LogP contribution >= 0.6 is 0 Å². The molecule has 0 aliphatic carbocycles. The average molecular weight is 282 g/mol. The van der Waals surface area contributed by atoms with Gasteiger partial charge in [0.2, 0.25) is 0 Å². The van der Waals surface area contributed by atoms with Crippen LogP contribution in [0.3, 0.4) is 0 Å². The predicted molar refractivity (Wildman–Crippen MR) is 81.0 cm³/mol. The van der Waals surface area contributed by atoms with Crippen molar-refractivity contribution in [1.29, 1.82) is 0 Å². The zero-order valence-electron chi connectivity index (χ0n) is 12.4. The van der Waals surface area contributed by atoms with Crippen LogP contribution in [0, 0.1) is 0 Å². The number of nitrogens with one attached hydrogen (secondary N) is 1. The number of benzene rings is 1. The third-order valence-corrected chi connectivity index (χ3v) is 3.12. The van der Waals surface area contributed by atoms with Crippen molar-refractivity contribution in [1.82, 2.24) is 30.3 Å². The summed E-state index contributed by atoms with van der Waals surface area (Å²) >= 11 is 0. The Kier molecular flexibility index (Phi) is 3.39. The lowest BCUT2D eigenvalue weighted by Gasteiger charge is -2.20. The topological polar surface area (TPSA) is 68.5 Å². The second-order valence-corrected chi connectivity index (χ2v) is 5.97. The van der Waals surface area contributed by atoms with E-state index in [0.29, 0.717) is 6.54 Å². The molecule has 0 saturated heterocycles. The highest BCUT2D eigenvalue weighted by molar-refractivity contribution is 5.76. The van der Waals surface area contributed by atoms with Crippen molar-refractivity contribution in [3.8, 4) is 5.69 Å². The fraction of sp³-hybridized carbons (Fsp3) is 0.333. The van der Waals surface area contributed by atoms with Crippen molar-refractivity contribution in [3.05, 3.63) is 42.5 Å². The Labute approximate surface area is 123 Å². The fourth-order valence-corrected chi connectivity index (χ4v) is 2.03. The van der Waals surface area contributed by atoms with E-state index in [-0.39, 0.29) is 5.54 Å². The highest BCUT2D eigenvalue weighted by atomic mass is 15.4. The first-order valence-corrected chi connectivity index (χ1v) is 6.89. The molecule has 2 aromatic heterocycles. The molecule has 0 amide bonds. The van der Waals surface area contributed by atoms with Gasteiger partial charge in [-0.05, 0) is 39.0 Å². The Bertz CT molecular complexity index is 756. The van der Waals surface area contributed by atoms with Gasteiger partial charge in [0.05, 0.1) is 28.6 Å². The van der Waals surface area contributed by atoms with Gasteiger partial charge in [-0.2, -0.15) is 0 Å². The van der Waals surface area contributed by atoms with Gasteiger partial charge in [-0.3, -0.25) is 9.97 Å². The number of hydrogen-bond acceptors (Lipinski definition) is 5. The van der Waals surface area contributed by atoms with Gasteiger partial charge in [-0.1, -0.05) is 5.21 Å². The van der Waals surface area contributed by atoms with Gasteiger partial charge in [-0.15, -0.1) is 5.10 Å². The van der Waals surface area contributed by atoms with E-state index in [4.69, 9.17) is 0 Å². The highest BCUT2D eigenvalue weighted by Crippen LogP contribution is 2.15. The first-order valence-electron chi connectivity index (χ1n) is 6.89. The highest BCUT2D eigenvalue weighted by Gasteiger charge is 2.12. The van der Waals surface area contributed by atoms with Crippen molar-refractivity contribution in [2.24, 2.45) is 0 Å². The number of rotatable bonds is 3. The number of nitrogens with zero attached hydrogens (tertiary/aromatic N) is 5. The molecule has 0 radical (unpaired) electrons. The molecule has 0 aliphatic rings. The Morgan fingerprint density at radius 3 is 2.62 bits per heavy atom. The molecule has 108 valence electrons. The molecule has 0 spiro atoms. The minimum atomic E-state index is 0.0456. The molecule has 0 atom stereocenters. The fourth-order valence-electron chi connectivity index (χ4n) is 2.03. The van der Waals surface area contributed by atoms with Crippen LogP contribution in [0.4, 0.5) is 0 Å². The van der Waals surface area contributed by atoms with Crippen molar-refractivity contribution in [3.63, 3.8) is 0 Å². The molecule has 3 aromatic rings. The summed E-state index contributed by atoms with van der Waals surface area (Å²) in [7, 11) is 0. The first kappa shape index (κ1) is 13.6. The number of aromatic nitrogens is 5. The SMILES string of the molecule is CC(C)(C)NCc1cnnn1-c1ccc2nccnc2c1. The van der Waals surface area contributed by atoms with Crippen molar-refractivity contribution < 1.29 is 0 Å². The molecular weight excluding hydrogens is 264 g/mol. The molecule has 6 heteroatoms. The molecule has 1 aromatic carbocycles. The van der Waals surface area contributed by atoms with Crippen LogP contribution in [0.1, 0.15) is 26.5 Å². The van der Waals surface area contributed by atoms with Gasteiger partial charge in [0.25, 0.3) is 0 Å². The Balaban J connectivity index is 1.94. The van der Waals surface area contributed by atoms with Gasteiger partial charge < -0.3 is 5.32 Å². The number of hydrogen-bond donors (Lipinski definition) is 1. The summed E-state index contributed by atoms with van der Waals surface area (Å²) in [4.78, 5) is 8.60. The Morgan fingerprint density at radius 1 is 1.10 bits per heavy atom. The summed E-state index contributed by atoms with van der Waals surface area (Å²) in [6.07, 6.45) is 5.16. The summed E-state index contributed by atoms with van der Waals surface area (Å²) in [6.45, 7) is 7.10. The van der Waals surface area contributed by atoms with Gasteiger partial charge in [-0.25, -0.2) is 4.68 Å². The zero-order valence-corrected chi connectivity index (χ0v) is 12.4. The molecule has 0 bridgehead atoms. The lowest BCUT2D eigenvalue weighted by atomic mass is 10.1. The monoisotopic (exact) mass is 282 g/mol. The first-order chi connectivity index (χ1) is 10.0. The summed E-state index contributed by atoms with van der Waals surface area (Å²) in [5, 5.41) is 11.6. The molecule has 0 unspecified atom stereocenters. The standard InChI is InChI=1S/C15H18N6/c1-15(2,3)18-9-12-10-19-20-21(12)11-4-5-13-14(8-11)17-7-6-16-13/h4-8,10,18H,9H2,1-3H3. The van der Waals surface area contributed by atoms with Crippen molar-refractivity contribution in [2.45, 2.75) is 32.9 Å². The maximum atomic E-state index is 4.33. The minimum Gasteiger partial charge on any atom is -0.306 e. The van der Waals surface area contributed by atoms with Gasteiger partial charge >= 0.3 is 0 Å². The predicted octanol–water partition coefficient (Wildman–Crippen LogP) is 2.10. The normalized spacial score (nSPS) is 12.0. The maximum Gasteiger partial charge on any atom is 0.0908 e. The van der Waals surface area contributed by atoms with Crippen LogP contribution in [0.5, 0.6) is 0 Å². The largest absolute Gasteiger partial charge is 0.306 e. The maximum absolute atomic E-state index is 4.33. The molecule has 2 heterocycles. The van der Waals surface area contributed by atoms with Crippen LogP contribution < -0.4 is 5.32 Å². The lowest BCUT2D eigenvalue weighted by molar-refractivity contribution is 0.418. The van der Waals surface area contributed by atoms with Gasteiger partial charge in [0, 0.05) is 24.5 Å². The van der Waals surface area contributed by atoms with Crippen molar-refractivity contribution >= 4 is 11.0 Å². The van der Waals surface area contributed by atoms with E-state index in [1.165, 1.54) is 0 Å². The van der Waals surface area contributed by atoms with Gasteiger partial charge in [0.1, 0.15) is 0 Å². The van der Waals surface area contributed by atoms with Crippen LogP contribution in [0.2, 0.25) is 0 Å². The third kappa shape index (κ3) is 3.05. The van der Waals surface area contributed by atoms with Crippen LogP contribution in [-0.2, 0) is 6.54 Å². The molecule has 21 heavy (non-hydrogen) atoms. The van der Waals surface area contributed by atoms with E-state index in [2.05, 4.69) is 46.4 Å². The molecular formula is C15H18N6. The third-order valence-electron chi connectivity index (χ3n) is 3.12. The molecule has 6 nitrogen and oxygen atoms in total. The van der Waals surface area contributed by atoms with E-state index in [1.807, 2.05) is 22.9 Å². The van der Waals surface area contributed by atoms with Crippen LogP contribution in [0.25, 0.3) is 16.7 Å². The van der Waals surface area contributed by atoms with E-state index < -0.39 is 0 Å². The number of fused-ring (bicyclic) bond motifs is 1. The van der Waals surface area contributed by atoms with E-state index in [9.17, 15) is 0 Å². The summed E-state index contributed by atoms with van der Waals surface area (Å²) < 4.78 is 1.83.